The Morgan fingerprint density at radius 1 is 1.25 bits per heavy atom. The number of amides is 1. The van der Waals surface area contributed by atoms with Crippen LogP contribution in [0.1, 0.15) is 50.2 Å². The molecule has 0 aliphatic heterocycles. The molecule has 0 unspecified atom stereocenters. The zero-order chi connectivity index (χ0) is 14.6. The Kier molecular flexibility index (Phi) is 4.05. The van der Waals surface area contributed by atoms with E-state index in [0.717, 1.165) is 32.1 Å². The largest absolute Gasteiger partial charge is 0.326 e. The van der Waals surface area contributed by atoms with Gasteiger partial charge in [0.1, 0.15) is 12.1 Å². The molecule has 0 aromatic heterocycles. The lowest BCUT2D eigenvalue weighted by Gasteiger charge is -2.26. The minimum Gasteiger partial charge on any atom is -0.326 e. The zero-order valence-corrected chi connectivity index (χ0v) is 11.6. The van der Waals surface area contributed by atoms with E-state index in [2.05, 4.69) is 5.32 Å². The highest BCUT2D eigenvalue weighted by Crippen LogP contribution is 2.41. The molecular formula is C16H17N3O. The third-order valence-corrected chi connectivity index (χ3v) is 4.24. The molecule has 0 atom stereocenters. The molecule has 0 saturated heterocycles. The van der Waals surface area contributed by atoms with Crippen molar-refractivity contribution >= 4 is 11.6 Å². The van der Waals surface area contributed by atoms with Crippen molar-refractivity contribution in [3.05, 3.63) is 29.3 Å². The number of benzene rings is 1. The average Bonchev–Trinajstić information content (AvgIpc) is 2.97. The van der Waals surface area contributed by atoms with Crippen LogP contribution in [-0.2, 0) is 4.79 Å². The van der Waals surface area contributed by atoms with Gasteiger partial charge in [-0.2, -0.15) is 10.5 Å². The number of nitrogens with zero attached hydrogens (tertiary/aromatic N) is 2. The summed E-state index contributed by atoms with van der Waals surface area (Å²) in [5, 5.41) is 20.8. The molecule has 1 amide bonds. The Bertz CT molecular complexity index is 601. The van der Waals surface area contributed by atoms with Crippen molar-refractivity contribution in [2.24, 2.45) is 5.41 Å². The van der Waals surface area contributed by atoms with E-state index in [9.17, 15) is 4.79 Å². The Morgan fingerprint density at radius 2 is 1.90 bits per heavy atom. The second-order valence-electron chi connectivity index (χ2n) is 5.28. The van der Waals surface area contributed by atoms with Crippen LogP contribution in [0.15, 0.2) is 18.2 Å². The smallest absolute Gasteiger partial charge is 0.230 e. The van der Waals surface area contributed by atoms with E-state index >= 15 is 0 Å². The normalized spacial score (nSPS) is 16.1. The standard InChI is InChI=1S/C16H17N3O/c1-2-16(7-3-4-8-16)15(20)19-14-6-5-12(10-17)13(9-14)11-18/h5-6,9H,2-4,7-8H2,1H3,(H,19,20). The number of rotatable bonds is 3. The van der Waals surface area contributed by atoms with Gasteiger partial charge in [-0.25, -0.2) is 0 Å². The quantitative estimate of drug-likeness (QED) is 0.912. The molecule has 0 radical (unpaired) electrons. The van der Waals surface area contributed by atoms with Gasteiger partial charge in [0, 0.05) is 11.1 Å². The van der Waals surface area contributed by atoms with Gasteiger partial charge in [-0.3, -0.25) is 4.79 Å². The van der Waals surface area contributed by atoms with Crippen LogP contribution in [0.2, 0.25) is 0 Å². The topological polar surface area (TPSA) is 76.7 Å². The van der Waals surface area contributed by atoms with Gasteiger partial charge >= 0.3 is 0 Å². The third-order valence-electron chi connectivity index (χ3n) is 4.24. The summed E-state index contributed by atoms with van der Waals surface area (Å²) in [5.41, 5.74) is 0.949. The molecule has 1 saturated carbocycles. The van der Waals surface area contributed by atoms with Gasteiger partial charge < -0.3 is 5.32 Å². The summed E-state index contributed by atoms with van der Waals surface area (Å²) in [6, 6.07) is 8.76. The van der Waals surface area contributed by atoms with Crippen molar-refractivity contribution in [3.63, 3.8) is 0 Å². The van der Waals surface area contributed by atoms with E-state index in [0.29, 0.717) is 16.8 Å². The summed E-state index contributed by atoms with van der Waals surface area (Å²) in [7, 11) is 0. The molecule has 1 fully saturated rings. The van der Waals surface area contributed by atoms with Crippen LogP contribution in [-0.4, -0.2) is 5.91 Å². The van der Waals surface area contributed by atoms with Crippen molar-refractivity contribution < 1.29 is 4.79 Å². The lowest BCUT2D eigenvalue weighted by molar-refractivity contribution is -0.125. The molecule has 0 spiro atoms. The number of anilines is 1. The van der Waals surface area contributed by atoms with E-state index in [1.807, 2.05) is 19.1 Å². The highest BCUT2D eigenvalue weighted by atomic mass is 16.2. The van der Waals surface area contributed by atoms with Crippen LogP contribution in [0.5, 0.6) is 0 Å². The van der Waals surface area contributed by atoms with Gasteiger partial charge in [-0.05, 0) is 37.5 Å². The summed E-state index contributed by atoms with van der Waals surface area (Å²) >= 11 is 0. The van der Waals surface area contributed by atoms with Crippen LogP contribution < -0.4 is 5.32 Å². The molecule has 0 bridgehead atoms. The van der Waals surface area contributed by atoms with Crippen LogP contribution in [0.4, 0.5) is 5.69 Å². The highest BCUT2D eigenvalue weighted by Gasteiger charge is 2.39. The van der Waals surface area contributed by atoms with Crippen LogP contribution in [0.3, 0.4) is 0 Å². The van der Waals surface area contributed by atoms with Gasteiger partial charge in [-0.1, -0.05) is 19.8 Å². The van der Waals surface area contributed by atoms with E-state index in [1.54, 1.807) is 18.2 Å². The Balaban J connectivity index is 2.20. The minimum atomic E-state index is -0.263. The van der Waals surface area contributed by atoms with E-state index in [4.69, 9.17) is 10.5 Å². The van der Waals surface area contributed by atoms with Gasteiger partial charge in [0.15, 0.2) is 0 Å². The number of carbonyl (C=O) groups excluding carboxylic acids is 1. The number of carbonyl (C=O) groups is 1. The first-order chi connectivity index (χ1) is 9.65. The summed E-state index contributed by atoms with van der Waals surface area (Å²) in [4.78, 5) is 12.5. The first kappa shape index (κ1) is 14.1. The molecule has 4 heteroatoms. The number of nitriles is 2. The molecule has 1 aromatic carbocycles. The molecule has 0 heterocycles. The van der Waals surface area contributed by atoms with E-state index in [1.165, 1.54) is 0 Å². The monoisotopic (exact) mass is 267 g/mol. The second-order valence-corrected chi connectivity index (χ2v) is 5.28. The van der Waals surface area contributed by atoms with Crippen LogP contribution >= 0.6 is 0 Å². The summed E-state index contributed by atoms with van der Waals surface area (Å²) in [6.45, 7) is 2.05. The summed E-state index contributed by atoms with van der Waals surface area (Å²) in [5.74, 6) is 0.0334. The molecule has 1 N–H and O–H groups in total. The van der Waals surface area contributed by atoms with Gasteiger partial charge in [-0.15, -0.1) is 0 Å². The fourth-order valence-electron chi connectivity index (χ4n) is 2.87. The van der Waals surface area contributed by atoms with Gasteiger partial charge in [0.05, 0.1) is 11.1 Å². The van der Waals surface area contributed by atoms with Crippen molar-refractivity contribution in [1.82, 2.24) is 0 Å². The fraction of sp³-hybridized carbons (Fsp3) is 0.438. The molecule has 4 nitrogen and oxygen atoms in total. The maximum Gasteiger partial charge on any atom is 0.230 e. The van der Waals surface area contributed by atoms with Crippen molar-refractivity contribution in [1.29, 1.82) is 10.5 Å². The molecule has 1 aliphatic rings. The third kappa shape index (κ3) is 2.51. The lowest BCUT2D eigenvalue weighted by Crippen LogP contribution is -2.33. The van der Waals surface area contributed by atoms with Crippen molar-refractivity contribution in [2.45, 2.75) is 39.0 Å². The Morgan fingerprint density at radius 3 is 2.45 bits per heavy atom. The number of hydrogen-bond acceptors (Lipinski definition) is 3. The van der Waals surface area contributed by atoms with E-state index < -0.39 is 0 Å². The minimum absolute atomic E-state index is 0.0334. The summed E-state index contributed by atoms with van der Waals surface area (Å²) in [6.07, 6.45) is 4.88. The number of hydrogen-bond donors (Lipinski definition) is 1. The maximum atomic E-state index is 12.5. The van der Waals surface area contributed by atoms with E-state index in [-0.39, 0.29) is 11.3 Å². The predicted octanol–water partition coefficient (Wildman–Crippen LogP) is 3.34. The molecule has 102 valence electrons. The van der Waals surface area contributed by atoms with Crippen LogP contribution in [0.25, 0.3) is 0 Å². The maximum absolute atomic E-state index is 12.5. The molecule has 1 aliphatic carbocycles. The molecule has 2 rings (SSSR count). The lowest BCUT2D eigenvalue weighted by atomic mass is 9.82. The predicted molar refractivity (Wildman–Crippen MR) is 75.7 cm³/mol. The van der Waals surface area contributed by atoms with Gasteiger partial charge in [0.25, 0.3) is 0 Å². The summed E-state index contributed by atoms with van der Waals surface area (Å²) < 4.78 is 0. The second kappa shape index (κ2) is 5.75. The van der Waals surface area contributed by atoms with Crippen molar-refractivity contribution in [2.75, 3.05) is 5.32 Å². The average molecular weight is 267 g/mol. The molecule has 20 heavy (non-hydrogen) atoms. The Hall–Kier alpha value is -2.33. The van der Waals surface area contributed by atoms with Crippen LogP contribution in [0, 0.1) is 28.1 Å². The Labute approximate surface area is 119 Å². The fourth-order valence-corrected chi connectivity index (χ4v) is 2.87. The number of nitrogens with one attached hydrogen (secondary N) is 1. The molecule has 1 aromatic rings. The van der Waals surface area contributed by atoms with Crippen molar-refractivity contribution in [3.8, 4) is 12.1 Å². The zero-order valence-electron chi connectivity index (χ0n) is 11.6. The molecular weight excluding hydrogens is 250 g/mol. The first-order valence-electron chi connectivity index (χ1n) is 6.91. The first-order valence-corrected chi connectivity index (χ1v) is 6.91. The SMILES string of the molecule is CCC1(C(=O)Nc2ccc(C#N)c(C#N)c2)CCCC1. The van der Waals surface area contributed by atoms with Gasteiger partial charge in [0.2, 0.25) is 5.91 Å². The highest BCUT2D eigenvalue weighted by molar-refractivity contribution is 5.95.